The van der Waals surface area contributed by atoms with Crippen molar-refractivity contribution in [1.29, 1.82) is 0 Å². The van der Waals surface area contributed by atoms with Gasteiger partial charge in [-0.05, 0) is 18.6 Å². The Labute approximate surface area is 115 Å². The molecule has 0 atom stereocenters. The second-order valence-electron chi connectivity index (χ2n) is 3.70. The van der Waals surface area contributed by atoms with Gasteiger partial charge in [0.1, 0.15) is 0 Å². The fourth-order valence-corrected chi connectivity index (χ4v) is 1.56. The Kier molecular flexibility index (Phi) is 8.41. The summed E-state index contributed by atoms with van der Waals surface area (Å²) >= 11 is 0. The highest BCUT2D eigenvalue weighted by atomic mass is 32.2. The van der Waals surface area contributed by atoms with Crippen LogP contribution in [0.2, 0.25) is 0 Å². The van der Waals surface area contributed by atoms with Crippen molar-refractivity contribution in [3.8, 4) is 0 Å². The molecule has 19 heavy (non-hydrogen) atoms. The predicted molar refractivity (Wildman–Crippen MR) is 75.5 cm³/mol. The van der Waals surface area contributed by atoms with Gasteiger partial charge >= 0.3 is 0 Å². The number of aromatic nitrogens is 1. The highest BCUT2D eigenvalue weighted by molar-refractivity contribution is 7.85. The fourth-order valence-electron chi connectivity index (χ4n) is 1.27. The molecule has 0 saturated heterocycles. The Bertz CT molecular complexity index is 496. The van der Waals surface area contributed by atoms with E-state index in [1.807, 2.05) is 24.4 Å². The highest BCUT2D eigenvalue weighted by Gasteiger charge is 1.97. The lowest BCUT2D eigenvalue weighted by Crippen LogP contribution is -2.31. The van der Waals surface area contributed by atoms with Gasteiger partial charge in [-0.1, -0.05) is 18.7 Å². The summed E-state index contributed by atoms with van der Waals surface area (Å²) in [5.74, 6) is -0.479. The molecule has 0 N–H and O–H groups in total. The largest absolute Gasteiger partial charge is 0.748 e. The van der Waals surface area contributed by atoms with Crippen molar-refractivity contribution in [1.82, 2.24) is 0 Å². The zero-order valence-electron chi connectivity index (χ0n) is 10.9. The average Bonchev–Trinajstić information content (AvgIpc) is 2.29. The molecule has 0 spiro atoms. The van der Waals surface area contributed by atoms with Crippen LogP contribution in [0.3, 0.4) is 0 Å². The highest BCUT2D eigenvalue weighted by Crippen LogP contribution is 1.95. The van der Waals surface area contributed by atoms with Crippen LogP contribution in [-0.4, -0.2) is 18.7 Å². The summed E-state index contributed by atoms with van der Waals surface area (Å²) in [4.78, 5) is 0. The van der Waals surface area contributed by atoms with E-state index in [0.717, 1.165) is 19.0 Å². The Morgan fingerprint density at radius 2 is 1.89 bits per heavy atom. The van der Waals surface area contributed by atoms with Gasteiger partial charge in [0.05, 0.1) is 15.9 Å². The number of allylic oxidation sites excluding steroid dienone is 2. The monoisotopic (exact) mass is 281 g/mol. The third kappa shape index (κ3) is 9.93. The maximum atomic E-state index is 9.60. The summed E-state index contributed by atoms with van der Waals surface area (Å²) < 4.78 is 30.9. The quantitative estimate of drug-likeness (QED) is 0.452. The normalized spacial score (nSPS) is 9.95. The maximum absolute atomic E-state index is 9.60. The molecular formula is C14H19NO3S. The van der Waals surface area contributed by atoms with Crippen LogP contribution in [0, 0.1) is 0 Å². The van der Waals surface area contributed by atoms with E-state index in [1.54, 1.807) is 0 Å². The number of hydrogen-bond donors (Lipinski definition) is 0. The third-order valence-corrected chi connectivity index (χ3v) is 2.61. The Hall–Kier alpha value is -1.72. The van der Waals surface area contributed by atoms with Crippen LogP contribution in [0.4, 0.5) is 0 Å². The van der Waals surface area contributed by atoms with Crippen molar-refractivity contribution in [3.63, 3.8) is 0 Å². The molecule has 0 radical (unpaired) electrons. The maximum Gasteiger partial charge on any atom is 0.172 e. The minimum absolute atomic E-state index is 0.479. The molecule has 0 fully saturated rings. The number of hydrogen-bond acceptors (Lipinski definition) is 3. The molecule has 0 aliphatic heterocycles. The fraction of sp³-hybridized carbons (Fsp3) is 0.214. The summed E-state index contributed by atoms with van der Waals surface area (Å²) in [6.07, 6.45) is 9.93. The third-order valence-electron chi connectivity index (χ3n) is 1.96. The number of nitrogens with zero attached hydrogens (tertiary/aromatic N) is 1. The molecule has 0 aromatic carbocycles. The van der Waals surface area contributed by atoms with Crippen molar-refractivity contribution in [2.24, 2.45) is 0 Å². The number of rotatable bonds is 6. The van der Waals surface area contributed by atoms with Gasteiger partial charge in [-0.3, -0.25) is 0 Å². The second kappa shape index (κ2) is 9.24. The molecule has 0 bridgehead atoms. The van der Waals surface area contributed by atoms with E-state index in [2.05, 4.69) is 36.6 Å². The van der Waals surface area contributed by atoms with E-state index in [4.69, 9.17) is 0 Å². The molecule has 0 unspecified atom stereocenters. The Morgan fingerprint density at radius 3 is 2.32 bits per heavy atom. The van der Waals surface area contributed by atoms with Crippen molar-refractivity contribution >= 4 is 10.1 Å². The van der Waals surface area contributed by atoms with E-state index >= 15 is 0 Å². The summed E-state index contributed by atoms with van der Waals surface area (Å²) in [6, 6.07) is 4.14. The number of pyridine rings is 1. The summed E-state index contributed by atoms with van der Waals surface area (Å²) in [7, 11) is -4.04. The summed E-state index contributed by atoms with van der Waals surface area (Å²) in [5, 5.41) is 0. The van der Waals surface area contributed by atoms with Gasteiger partial charge in [0.15, 0.2) is 18.9 Å². The first kappa shape index (κ1) is 17.3. The predicted octanol–water partition coefficient (Wildman–Crippen LogP) is 1.61. The van der Waals surface area contributed by atoms with Crippen LogP contribution in [0.15, 0.2) is 62.5 Å². The molecule has 4 nitrogen and oxygen atoms in total. The van der Waals surface area contributed by atoms with Gasteiger partial charge in [0.2, 0.25) is 0 Å². The zero-order chi connectivity index (χ0) is 14.7. The standard InChI is InChI=1S/C11H14N.C3H6O3S/c1-3-6-11-7-5-9-12(10-11)8-4-2;1-2-3-7(4,5)6/h3-5,7,9-10H,1-2,6,8H2;2H,1,3H2,(H,4,5,6)/q+1;/p-1. The van der Waals surface area contributed by atoms with Crippen LogP contribution >= 0.6 is 0 Å². The molecule has 104 valence electrons. The molecule has 5 heteroatoms. The molecule has 1 rings (SSSR count). The topological polar surface area (TPSA) is 61.1 Å². The van der Waals surface area contributed by atoms with Crippen LogP contribution in [0.5, 0.6) is 0 Å². The van der Waals surface area contributed by atoms with Crippen LogP contribution in [0.1, 0.15) is 5.56 Å². The molecule has 0 aliphatic rings. The zero-order valence-corrected chi connectivity index (χ0v) is 11.7. The van der Waals surface area contributed by atoms with E-state index in [0.29, 0.717) is 0 Å². The van der Waals surface area contributed by atoms with Crippen molar-refractivity contribution in [2.75, 3.05) is 5.75 Å². The van der Waals surface area contributed by atoms with Crippen LogP contribution in [-0.2, 0) is 23.1 Å². The van der Waals surface area contributed by atoms with Crippen LogP contribution < -0.4 is 4.57 Å². The van der Waals surface area contributed by atoms with E-state index in [-0.39, 0.29) is 0 Å². The minimum Gasteiger partial charge on any atom is -0.748 e. The molecule has 0 amide bonds. The first-order valence-corrected chi connectivity index (χ1v) is 7.25. The minimum atomic E-state index is -4.04. The van der Waals surface area contributed by atoms with Gasteiger partial charge in [0.25, 0.3) is 0 Å². The van der Waals surface area contributed by atoms with E-state index in [9.17, 15) is 13.0 Å². The second-order valence-corrected chi connectivity index (χ2v) is 5.15. The van der Waals surface area contributed by atoms with Gasteiger partial charge in [0, 0.05) is 11.6 Å². The molecular weight excluding hydrogens is 262 g/mol. The van der Waals surface area contributed by atoms with Gasteiger partial charge in [-0.15, -0.1) is 13.2 Å². The van der Waals surface area contributed by atoms with E-state index in [1.165, 1.54) is 5.56 Å². The van der Waals surface area contributed by atoms with Crippen molar-refractivity contribution in [2.45, 2.75) is 13.0 Å². The summed E-state index contributed by atoms with van der Waals surface area (Å²) in [5.41, 5.74) is 1.29. The lowest BCUT2D eigenvalue weighted by Gasteiger charge is -1.98. The average molecular weight is 281 g/mol. The van der Waals surface area contributed by atoms with Crippen LogP contribution in [0.25, 0.3) is 0 Å². The van der Waals surface area contributed by atoms with Gasteiger partial charge in [-0.25, -0.2) is 13.0 Å². The molecule has 0 saturated carbocycles. The summed E-state index contributed by atoms with van der Waals surface area (Å²) in [6.45, 7) is 11.3. The lowest BCUT2D eigenvalue weighted by molar-refractivity contribution is -0.687. The molecule has 1 aromatic heterocycles. The molecule has 1 aromatic rings. The first-order chi connectivity index (χ1) is 8.92. The first-order valence-electron chi connectivity index (χ1n) is 5.67. The molecule has 1 heterocycles. The lowest BCUT2D eigenvalue weighted by atomic mass is 10.2. The van der Waals surface area contributed by atoms with E-state index < -0.39 is 15.9 Å². The SMILES string of the molecule is C=CCS(=O)(=O)[O-].C=CCc1ccc[n+](CC=C)c1. The van der Waals surface area contributed by atoms with Gasteiger partial charge in [-0.2, -0.15) is 0 Å². The van der Waals surface area contributed by atoms with Crippen molar-refractivity contribution in [3.05, 3.63) is 68.1 Å². The Balaban J connectivity index is 0.000000399. The van der Waals surface area contributed by atoms with Gasteiger partial charge < -0.3 is 4.55 Å². The Morgan fingerprint density at radius 1 is 1.21 bits per heavy atom. The molecule has 0 aliphatic carbocycles. The van der Waals surface area contributed by atoms with Crippen molar-refractivity contribution < 1.29 is 17.5 Å². The smallest absolute Gasteiger partial charge is 0.172 e.